The zero-order valence-corrected chi connectivity index (χ0v) is 9.61. The van der Waals surface area contributed by atoms with Crippen molar-refractivity contribution in [2.24, 2.45) is 0 Å². The molecule has 0 spiro atoms. The van der Waals surface area contributed by atoms with Crippen molar-refractivity contribution in [1.82, 2.24) is 9.97 Å². The second kappa shape index (κ2) is 4.94. The molecule has 82 valence electrons. The highest BCUT2D eigenvalue weighted by Crippen LogP contribution is 2.22. The highest BCUT2D eigenvalue weighted by Gasteiger charge is 2.02. The van der Waals surface area contributed by atoms with Gasteiger partial charge in [-0.3, -0.25) is 0 Å². The first-order valence-electron chi connectivity index (χ1n) is 5.01. The fourth-order valence-corrected chi connectivity index (χ4v) is 1.55. The standard InChI is InChI=1S/C12H11ClN2O/c1-2-16-10-5-3-4-9(8-10)11-6-7-14-12(13)15-11/h3-8H,2H2,1H3. The zero-order valence-electron chi connectivity index (χ0n) is 8.85. The third kappa shape index (κ3) is 2.49. The molecule has 2 aromatic rings. The molecule has 0 atom stereocenters. The van der Waals surface area contributed by atoms with Gasteiger partial charge in [0.05, 0.1) is 12.3 Å². The smallest absolute Gasteiger partial charge is 0.222 e. The molecule has 0 saturated carbocycles. The van der Waals surface area contributed by atoms with E-state index in [2.05, 4.69) is 9.97 Å². The summed E-state index contributed by atoms with van der Waals surface area (Å²) >= 11 is 5.74. The van der Waals surface area contributed by atoms with E-state index in [1.165, 1.54) is 0 Å². The van der Waals surface area contributed by atoms with Crippen LogP contribution in [0.5, 0.6) is 5.75 Å². The molecule has 0 saturated heterocycles. The van der Waals surface area contributed by atoms with Crippen molar-refractivity contribution in [1.29, 1.82) is 0 Å². The maximum atomic E-state index is 5.74. The lowest BCUT2D eigenvalue weighted by atomic mass is 10.1. The highest BCUT2D eigenvalue weighted by molar-refractivity contribution is 6.28. The minimum absolute atomic E-state index is 0.249. The summed E-state index contributed by atoms with van der Waals surface area (Å²) in [5, 5.41) is 0.249. The van der Waals surface area contributed by atoms with Crippen molar-refractivity contribution in [2.75, 3.05) is 6.61 Å². The first-order valence-corrected chi connectivity index (χ1v) is 5.39. The first kappa shape index (κ1) is 10.9. The van der Waals surface area contributed by atoms with Gasteiger partial charge in [0.15, 0.2) is 0 Å². The maximum absolute atomic E-state index is 5.74. The maximum Gasteiger partial charge on any atom is 0.222 e. The van der Waals surface area contributed by atoms with Crippen molar-refractivity contribution >= 4 is 11.6 Å². The minimum atomic E-state index is 0.249. The first-order chi connectivity index (χ1) is 7.79. The van der Waals surface area contributed by atoms with Gasteiger partial charge in [0.2, 0.25) is 5.28 Å². The van der Waals surface area contributed by atoms with Crippen LogP contribution in [-0.2, 0) is 0 Å². The van der Waals surface area contributed by atoms with Crippen molar-refractivity contribution in [3.05, 3.63) is 41.8 Å². The van der Waals surface area contributed by atoms with Gasteiger partial charge in [-0.05, 0) is 36.7 Å². The predicted octanol–water partition coefficient (Wildman–Crippen LogP) is 3.20. The van der Waals surface area contributed by atoms with Crippen LogP contribution in [0.4, 0.5) is 0 Å². The van der Waals surface area contributed by atoms with Crippen LogP contribution in [0, 0.1) is 0 Å². The molecule has 0 unspecified atom stereocenters. The molecule has 1 heterocycles. The monoisotopic (exact) mass is 234 g/mol. The van der Waals surface area contributed by atoms with E-state index in [0.29, 0.717) is 6.61 Å². The molecular weight excluding hydrogens is 224 g/mol. The van der Waals surface area contributed by atoms with Crippen LogP contribution < -0.4 is 4.74 Å². The molecule has 16 heavy (non-hydrogen) atoms. The zero-order chi connectivity index (χ0) is 11.4. The van der Waals surface area contributed by atoms with Crippen molar-refractivity contribution in [3.63, 3.8) is 0 Å². The van der Waals surface area contributed by atoms with E-state index in [-0.39, 0.29) is 5.28 Å². The van der Waals surface area contributed by atoms with Gasteiger partial charge in [0.25, 0.3) is 0 Å². The van der Waals surface area contributed by atoms with Crippen molar-refractivity contribution in [3.8, 4) is 17.0 Å². The van der Waals surface area contributed by atoms with Gasteiger partial charge in [0, 0.05) is 11.8 Å². The van der Waals surface area contributed by atoms with Gasteiger partial charge in [-0.2, -0.15) is 0 Å². The van der Waals surface area contributed by atoms with E-state index in [1.807, 2.05) is 37.3 Å². The summed E-state index contributed by atoms with van der Waals surface area (Å²) in [6, 6.07) is 9.55. The summed E-state index contributed by atoms with van der Waals surface area (Å²) in [4.78, 5) is 7.99. The lowest BCUT2D eigenvalue weighted by Crippen LogP contribution is -1.92. The Balaban J connectivity index is 2.36. The molecule has 0 fully saturated rings. The highest BCUT2D eigenvalue weighted by atomic mass is 35.5. The topological polar surface area (TPSA) is 35.0 Å². The third-order valence-corrected chi connectivity index (χ3v) is 2.25. The van der Waals surface area contributed by atoms with E-state index in [9.17, 15) is 0 Å². The minimum Gasteiger partial charge on any atom is -0.494 e. The number of hydrogen-bond donors (Lipinski definition) is 0. The second-order valence-electron chi connectivity index (χ2n) is 3.17. The molecule has 0 N–H and O–H groups in total. The fraction of sp³-hybridized carbons (Fsp3) is 0.167. The van der Waals surface area contributed by atoms with Gasteiger partial charge in [-0.25, -0.2) is 9.97 Å². The van der Waals surface area contributed by atoms with E-state index in [1.54, 1.807) is 6.20 Å². The molecule has 4 heteroatoms. The summed E-state index contributed by atoms with van der Waals surface area (Å²) in [6.07, 6.45) is 1.64. The van der Waals surface area contributed by atoms with Gasteiger partial charge in [-0.15, -0.1) is 0 Å². The molecule has 0 aliphatic heterocycles. The summed E-state index contributed by atoms with van der Waals surface area (Å²) in [6.45, 7) is 2.60. The Bertz CT molecular complexity index is 488. The lowest BCUT2D eigenvalue weighted by Gasteiger charge is -2.05. The number of hydrogen-bond acceptors (Lipinski definition) is 3. The summed E-state index contributed by atoms with van der Waals surface area (Å²) in [7, 11) is 0. The van der Waals surface area contributed by atoms with Gasteiger partial charge < -0.3 is 4.74 Å². The Labute approximate surface area is 99.1 Å². The molecular formula is C12H11ClN2O. The number of aromatic nitrogens is 2. The molecule has 3 nitrogen and oxygen atoms in total. The van der Waals surface area contributed by atoms with Gasteiger partial charge in [0.1, 0.15) is 5.75 Å². The van der Waals surface area contributed by atoms with E-state index >= 15 is 0 Å². The third-order valence-electron chi connectivity index (χ3n) is 2.07. The van der Waals surface area contributed by atoms with Crippen molar-refractivity contribution < 1.29 is 4.74 Å². The average Bonchev–Trinajstić information content (AvgIpc) is 2.30. The van der Waals surface area contributed by atoms with Crippen LogP contribution >= 0.6 is 11.6 Å². The number of nitrogens with zero attached hydrogens (tertiary/aromatic N) is 2. The normalized spacial score (nSPS) is 10.1. The second-order valence-corrected chi connectivity index (χ2v) is 3.51. The summed E-state index contributed by atoms with van der Waals surface area (Å²) < 4.78 is 5.42. The largest absolute Gasteiger partial charge is 0.494 e. The van der Waals surface area contributed by atoms with E-state index in [0.717, 1.165) is 17.0 Å². The summed E-state index contributed by atoms with van der Waals surface area (Å²) in [5.74, 6) is 0.828. The fourth-order valence-electron chi connectivity index (χ4n) is 1.41. The Hall–Kier alpha value is -1.61. The summed E-state index contributed by atoms with van der Waals surface area (Å²) in [5.41, 5.74) is 1.76. The SMILES string of the molecule is CCOc1cccc(-c2ccnc(Cl)n2)c1. The number of rotatable bonds is 3. The number of ether oxygens (including phenoxy) is 1. The van der Waals surface area contributed by atoms with Crippen LogP contribution in [0.25, 0.3) is 11.3 Å². The van der Waals surface area contributed by atoms with Crippen molar-refractivity contribution in [2.45, 2.75) is 6.92 Å². The van der Waals surface area contributed by atoms with Crippen LogP contribution in [0.15, 0.2) is 36.5 Å². The molecule has 0 aliphatic carbocycles. The van der Waals surface area contributed by atoms with Crippen LogP contribution in [0.1, 0.15) is 6.92 Å². The van der Waals surface area contributed by atoms with E-state index in [4.69, 9.17) is 16.3 Å². The molecule has 0 amide bonds. The quantitative estimate of drug-likeness (QED) is 0.765. The number of benzene rings is 1. The van der Waals surface area contributed by atoms with Gasteiger partial charge >= 0.3 is 0 Å². The van der Waals surface area contributed by atoms with Gasteiger partial charge in [-0.1, -0.05) is 12.1 Å². The Morgan fingerprint density at radius 3 is 2.94 bits per heavy atom. The van der Waals surface area contributed by atoms with Crippen LogP contribution in [-0.4, -0.2) is 16.6 Å². The van der Waals surface area contributed by atoms with Crippen LogP contribution in [0.3, 0.4) is 0 Å². The Morgan fingerprint density at radius 1 is 1.31 bits per heavy atom. The average molecular weight is 235 g/mol. The molecule has 1 aromatic carbocycles. The molecule has 2 rings (SSSR count). The molecule has 0 aliphatic rings. The lowest BCUT2D eigenvalue weighted by molar-refractivity contribution is 0.340. The Morgan fingerprint density at radius 2 is 2.19 bits per heavy atom. The number of halogens is 1. The molecule has 1 aromatic heterocycles. The predicted molar refractivity (Wildman–Crippen MR) is 63.6 cm³/mol. The molecule has 0 radical (unpaired) electrons. The van der Waals surface area contributed by atoms with E-state index < -0.39 is 0 Å². The molecule has 0 bridgehead atoms. The van der Waals surface area contributed by atoms with Crippen LogP contribution in [0.2, 0.25) is 5.28 Å². The Kier molecular flexibility index (Phi) is 3.37.